The molecule has 2 aromatic carbocycles. The van der Waals surface area contributed by atoms with Gasteiger partial charge in [-0.05, 0) is 47.0 Å². The maximum absolute atomic E-state index is 9.47. The summed E-state index contributed by atoms with van der Waals surface area (Å²) in [6.45, 7) is -0.355. The van der Waals surface area contributed by atoms with E-state index in [0.717, 1.165) is 10.9 Å². The third-order valence-electron chi connectivity index (χ3n) is 3.49. The van der Waals surface area contributed by atoms with Gasteiger partial charge in [0.1, 0.15) is 0 Å². The maximum atomic E-state index is 9.47. The number of anilines is 1. The van der Waals surface area contributed by atoms with Crippen LogP contribution in [0.1, 0.15) is 11.1 Å². The summed E-state index contributed by atoms with van der Waals surface area (Å²) in [4.78, 5) is 8.50. The molecule has 4 N–H and O–H groups in total. The molecular weight excluding hydrogens is 302 g/mol. The minimum atomic E-state index is -0.179. The van der Waals surface area contributed by atoms with Crippen LogP contribution in [0.4, 0.5) is 5.69 Å². The zero-order valence-corrected chi connectivity index (χ0v) is 12.4. The number of benzene rings is 2. The van der Waals surface area contributed by atoms with Crippen molar-refractivity contribution in [3.63, 3.8) is 0 Å². The summed E-state index contributed by atoms with van der Waals surface area (Å²) in [7, 11) is 0. The van der Waals surface area contributed by atoms with E-state index in [1.54, 1.807) is 24.3 Å². The van der Waals surface area contributed by atoms with Gasteiger partial charge < -0.3 is 15.9 Å². The van der Waals surface area contributed by atoms with Gasteiger partial charge in [0, 0.05) is 16.6 Å². The van der Waals surface area contributed by atoms with Crippen LogP contribution in [0.5, 0.6) is 0 Å². The van der Waals surface area contributed by atoms with Crippen molar-refractivity contribution >= 4 is 28.2 Å². The van der Waals surface area contributed by atoms with E-state index in [0.29, 0.717) is 28.0 Å². The highest BCUT2D eigenvalue weighted by atomic mass is 35.5. The molecule has 1 aromatic heterocycles. The lowest BCUT2D eigenvalue weighted by Gasteiger charge is -2.11. The Morgan fingerprint density at radius 1 is 1.00 bits per heavy atom. The van der Waals surface area contributed by atoms with Crippen LogP contribution in [0.2, 0.25) is 5.28 Å². The summed E-state index contributed by atoms with van der Waals surface area (Å²) in [5.74, 6) is 0. The molecule has 3 rings (SSSR count). The van der Waals surface area contributed by atoms with Crippen molar-refractivity contribution in [1.82, 2.24) is 9.97 Å². The minimum absolute atomic E-state index is 0.116. The zero-order valence-electron chi connectivity index (χ0n) is 11.6. The van der Waals surface area contributed by atoms with E-state index in [9.17, 15) is 10.2 Å². The molecule has 5 nitrogen and oxygen atoms in total. The Hall–Kier alpha value is -2.21. The van der Waals surface area contributed by atoms with E-state index >= 15 is 0 Å². The molecule has 0 radical (unpaired) electrons. The number of nitrogens with two attached hydrogens (primary N) is 1. The molecule has 1 heterocycles. The number of fused-ring (bicyclic) bond motifs is 1. The van der Waals surface area contributed by atoms with Crippen molar-refractivity contribution in [3.8, 4) is 11.3 Å². The van der Waals surface area contributed by atoms with Crippen LogP contribution in [0.25, 0.3) is 22.2 Å². The lowest BCUT2D eigenvalue weighted by atomic mass is 10.0. The van der Waals surface area contributed by atoms with Gasteiger partial charge in [-0.15, -0.1) is 0 Å². The fourth-order valence-corrected chi connectivity index (χ4v) is 2.61. The standard InChI is InChI=1S/C16H14ClN3O2/c17-16-19-14-6-11(8-22)10(7-21)5-13(14)15(20-16)9-2-1-3-12(18)4-9/h1-6,21-22H,7-8,18H2. The Kier molecular flexibility index (Phi) is 3.94. The second kappa shape index (κ2) is 5.88. The number of aromatic nitrogens is 2. The third-order valence-corrected chi connectivity index (χ3v) is 3.66. The second-order valence-corrected chi connectivity index (χ2v) is 5.26. The molecule has 112 valence electrons. The van der Waals surface area contributed by atoms with E-state index in [1.165, 1.54) is 0 Å². The third kappa shape index (κ3) is 2.62. The first-order valence-electron chi connectivity index (χ1n) is 6.69. The Labute approximate surface area is 132 Å². The van der Waals surface area contributed by atoms with Crippen molar-refractivity contribution < 1.29 is 10.2 Å². The molecule has 0 aliphatic heterocycles. The van der Waals surface area contributed by atoms with Crippen LogP contribution in [0.15, 0.2) is 36.4 Å². The number of aliphatic hydroxyl groups excluding tert-OH is 2. The van der Waals surface area contributed by atoms with Gasteiger partial charge in [0.2, 0.25) is 5.28 Å². The number of rotatable bonds is 3. The number of hydrogen-bond donors (Lipinski definition) is 3. The van der Waals surface area contributed by atoms with E-state index in [4.69, 9.17) is 17.3 Å². The van der Waals surface area contributed by atoms with Crippen molar-refractivity contribution in [2.75, 3.05) is 5.73 Å². The lowest BCUT2D eigenvalue weighted by molar-refractivity contribution is 0.260. The van der Waals surface area contributed by atoms with Crippen molar-refractivity contribution in [3.05, 3.63) is 52.8 Å². The molecule has 0 amide bonds. The van der Waals surface area contributed by atoms with E-state index in [-0.39, 0.29) is 18.5 Å². The number of aliphatic hydroxyl groups is 2. The average molecular weight is 316 g/mol. The molecule has 6 heteroatoms. The zero-order chi connectivity index (χ0) is 15.7. The quantitative estimate of drug-likeness (QED) is 0.510. The van der Waals surface area contributed by atoms with Crippen LogP contribution >= 0.6 is 11.6 Å². The molecule has 0 unspecified atom stereocenters. The predicted molar refractivity (Wildman–Crippen MR) is 86.2 cm³/mol. The summed E-state index contributed by atoms with van der Waals surface area (Å²) in [5.41, 5.74) is 9.76. The van der Waals surface area contributed by atoms with Gasteiger partial charge in [0.05, 0.1) is 24.4 Å². The Balaban J connectivity index is 2.34. The van der Waals surface area contributed by atoms with Crippen molar-refractivity contribution in [1.29, 1.82) is 0 Å². The fraction of sp³-hybridized carbons (Fsp3) is 0.125. The highest BCUT2D eigenvalue weighted by molar-refractivity contribution is 6.28. The topological polar surface area (TPSA) is 92.3 Å². The van der Waals surface area contributed by atoms with Gasteiger partial charge in [0.25, 0.3) is 0 Å². The van der Waals surface area contributed by atoms with Crippen LogP contribution < -0.4 is 5.73 Å². The Bertz CT molecular complexity index is 852. The number of nitrogens with zero attached hydrogens (tertiary/aromatic N) is 2. The molecule has 0 atom stereocenters. The van der Waals surface area contributed by atoms with Crippen LogP contribution in [0.3, 0.4) is 0 Å². The largest absolute Gasteiger partial charge is 0.399 e. The highest BCUT2D eigenvalue weighted by Crippen LogP contribution is 2.30. The molecular formula is C16H14ClN3O2. The Morgan fingerprint density at radius 3 is 2.41 bits per heavy atom. The number of halogens is 1. The second-order valence-electron chi connectivity index (χ2n) is 4.92. The summed E-state index contributed by atoms with van der Waals surface area (Å²) < 4.78 is 0. The summed E-state index contributed by atoms with van der Waals surface area (Å²) in [6, 6.07) is 10.8. The fourth-order valence-electron chi connectivity index (χ4n) is 2.44. The smallest absolute Gasteiger partial charge is 0.223 e. The molecule has 3 aromatic rings. The van der Waals surface area contributed by atoms with Gasteiger partial charge in [0.15, 0.2) is 0 Å². The number of hydrogen-bond acceptors (Lipinski definition) is 5. The SMILES string of the molecule is Nc1cccc(-c2nc(Cl)nc3cc(CO)c(CO)cc23)c1. The average Bonchev–Trinajstić information content (AvgIpc) is 2.52. The first-order valence-corrected chi connectivity index (χ1v) is 7.07. The first kappa shape index (κ1) is 14.7. The van der Waals surface area contributed by atoms with E-state index in [2.05, 4.69) is 9.97 Å². The highest BCUT2D eigenvalue weighted by Gasteiger charge is 2.12. The molecule has 0 bridgehead atoms. The number of nitrogen functional groups attached to an aromatic ring is 1. The van der Waals surface area contributed by atoms with Crippen LogP contribution in [-0.2, 0) is 13.2 Å². The summed E-state index contributed by atoms with van der Waals surface area (Å²) >= 11 is 6.02. The molecule has 0 aliphatic rings. The van der Waals surface area contributed by atoms with Crippen molar-refractivity contribution in [2.24, 2.45) is 0 Å². The molecule has 0 fully saturated rings. The maximum Gasteiger partial charge on any atom is 0.223 e. The van der Waals surface area contributed by atoms with Crippen LogP contribution in [0, 0.1) is 0 Å². The molecule has 0 aliphatic carbocycles. The van der Waals surface area contributed by atoms with Gasteiger partial charge >= 0.3 is 0 Å². The van der Waals surface area contributed by atoms with Gasteiger partial charge in [-0.3, -0.25) is 0 Å². The van der Waals surface area contributed by atoms with Crippen molar-refractivity contribution in [2.45, 2.75) is 13.2 Å². The Morgan fingerprint density at radius 2 is 1.73 bits per heavy atom. The monoisotopic (exact) mass is 315 g/mol. The first-order chi connectivity index (χ1) is 10.6. The van der Waals surface area contributed by atoms with Gasteiger partial charge in [-0.2, -0.15) is 0 Å². The summed E-state index contributed by atoms with van der Waals surface area (Å²) in [6.07, 6.45) is 0. The van der Waals surface area contributed by atoms with Gasteiger partial charge in [-0.25, -0.2) is 9.97 Å². The van der Waals surface area contributed by atoms with E-state index in [1.807, 2.05) is 12.1 Å². The molecule has 0 saturated carbocycles. The normalized spacial score (nSPS) is 11.0. The molecule has 22 heavy (non-hydrogen) atoms. The van der Waals surface area contributed by atoms with Gasteiger partial charge in [-0.1, -0.05) is 12.1 Å². The summed E-state index contributed by atoms with van der Waals surface area (Å²) in [5, 5.41) is 19.7. The van der Waals surface area contributed by atoms with E-state index < -0.39 is 0 Å². The van der Waals surface area contributed by atoms with Crippen LogP contribution in [-0.4, -0.2) is 20.2 Å². The minimum Gasteiger partial charge on any atom is -0.399 e. The molecule has 0 spiro atoms. The predicted octanol–water partition coefficient (Wildman–Crippen LogP) is 2.52. The molecule has 0 saturated heterocycles. The lowest BCUT2D eigenvalue weighted by Crippen LogP contribution is -1.98.